The topological polar surface area (TPSA) is 42.0 Å². The molecule has 5 heteroatoms. The number of rotatable bonds is 5. The van der Waals surface area contributed by atoms with Gasteiger partial charge in [-0.2, -0.15) is 0 Å². The van der Waals surface area contributed by atoms with Crippen LogP contribution in [0.3, 0.4) is 0 Å². The molecular formula is C22H32N2O3. The maximum Gasteiger partial charge on any atom is 0.230 e. The number of hydrogen-bond donors (Lipinski definition) is 0. The fraction of sp³-hybridized carbons (Fsp3) is 0.682. The minimum absolute atomic E-state index is 0.160. The summed E-state index contributed by atoms with van der Waals surface area (Å²) in [5.74, 6) is 1.81. The Labute approximate surface area is 162 Å². The Morgan fingerprint density at radius 2 is 1.89 bits per heavy atom. The van der Waals surface area contributed by atoms with E-state index in [9.17, 15) is 4.79 Å². The predicted octanol–water partition coefficient (Wildman–Crippen LogP) is 3.46. The molecule has 4 rings (SSSR count). The molecule has 27 heavy (non-hydrogen) atoms. The van der Waals surface area contributed by atoms with E-state index in [0.29, 0.717) is 18.5 Å². The maximum absolute atomic E-state index is 13.5. The third kappa shape index (κ3) is 3.42. The van der Waals surface area contributed by atoms with Crippen LogP contribution >= 0.6 is 0 Å². The number of hydrogen-bond acceptors (Lipinski definition) is 4. The van der Waals surface area contributed by atoms with Crippen LogP contribution in [0, 0.1) is 5.41 Å². The number of ether oxygens (including phenoxy) is 2. The average Bonchev–Trinajstić information content (AvgIpc) is 3.36. The summed E-state index contributed by atoms with van der Waals surface area (Å²) in [6, 6.07) is 6.62. The average molecular weight is 373 g/mol. The van der Waals surface area contributed by atoms with Gasteiger partial charge in [-0.25, -0.2) is 0 Å². The summed E-state index contributed by atoms with van der Waals surface area (Å²) in [5.41, 5.74) is 0.861. The SMILES string of the molecule is COc1cccc(CN2CCC[C@@]3(CCN(C4CCCC4)C3)C2=O)c1OC. The van der Waals surface area contributed by atoms with Crippen LogP contribution in [0.5, 0.6) is 11.5 Å². The highest BCUT2D eigenvalue weighted by molar-refractivity contribution is 5.84. The molecule has 3 fully saturated rings. The van der Waals surface area contributed by atoms with Gasteiger partial charge < -0.3 is 14.4 Å². The number of carbonyl (C=O) groups excluding carboxylic acids is 1. The van der Waals surface area contributed by atoms with Gasteiger partial charge in [-0.15, -0.1) is 0 Å². The Kier molecular flexibility index (Phi) is 5.31. The minimum Gasteiger partial charge on any atom is -0.493 e. The Hall–Kier alpha value is -1.75. The molecule has 1 amide bonds. The highest BCUT2D eigenvalue weighted by Crippen LogP contribution is 2.43. The molecule has 1 aromatic carbocycles. The molecule has 3 aliphatic rings. The Bertz CT molecular complexity index is 686. The van der Waals surface area contributed by atoms with Gasteiger partial charge in [0, 0.05) is 31.2 Å². The van der Waals surface area contributed by atoms with E-state index < -0.39 is 0 Å². The second-order valence-corrected chi connectivity index (χ2v) is 8.42. The van der Waals surface area contributed by atoms with Crippen molar-refractivity contribution in [2.75, 3.05) is 33.9 Å². The van der Waals surface area contributed by atoms with Crippen molar-refractivity contribution < 1.29 is 14.3 Å². The summed E-state index contributed by atoms with van der Waals surface area (Å²) in [6.45, 7) is 3.49. The lowest BCUT2D eigenvalue weighted by molar-refractivity contribution is -0.146. The molecule has 1 atom stereocenters. The molecule has 0 radical (unpaired) electrons. The van der Waals surface area contributed by atoms with Crippen molar-refractivity contribution in [2.24, 2.45) is 5.41 Å². The van der Waals surface area contributed by atoms with E-state index in [1.165, 1.54) is 25.7 Å². The molecule has 1 aromatic rings. The molecule has 0 unspecified atom stereocenters. The van der Waals surface area contributed by atoms with Gasteiger partial charge in [0.25, 0.3) is 0 Å². The third-order valence-electron chi connectivity index (χ3n) is 6.89. The van der Waals surface area contributed by atoms with Crippen molar-refractivity contribution in [1.29, 1.82) is 0 Å². The van der Waals surface area contributed by atoms with Crippen LogP contribution < -0.4 is 9.47 Å². The lowest BCUT2D eigenvalue weighted by Crippen LogP contribution is -2.50. The van der Waals surface area contributed by atoms with E-state index in [-0.39, 0.29) is 5.41 Å². The highest BCUT2D eigenvalue weighted by Gasteiger charge is 2.49. The molecule has 0 bridgehead atoms. The van der Waals surface area contributed by atoms with Gasteiger partial charge in [0.05, 0.1) is 19.6 Å². The van der Waals surface area contributed by atoms with Crippen LogP contribution in [-0.2, 0) is 11.3 Å². The van der Waals surface area contributed by atoms with Gasteiger partial charge in [0.2, 0.25) is 5.91 Å². The Morgan fingerprint density at radius 1 is 1.07 bits per heavy atom. The summed E-state index contributed by atoms with van der Waals surface area (Å²) >= 11 is 0. The zero-order valence-corrected chi connectivity index (χ0v) is 16.7. The molecular weight excluding hydrogens is 340 g/mol. The number of nitrogens with zero attached hydrogens (tertiary/aromatic N) is 2. The van der Waals surface area contributed by atoms with E-state index in [0.717, 1.165) is 56.0 Å². The number of benzene rings is 1. The summed E-state index contributed by atoms with van der Waals surface area (Å²) in [5, 5.41) is 0. The first-order chi connectivity index (χ1) is 13.2. The molecule has 0 aromatic heterocycles. The monoisotopic (exact) mass is 372 g/mol. The van der Waals surface area contributed by atoms with E-state index in [2.05, 4.69) is 9.80 Å². The van der Waals surface area contributed by atoms with Crippen LogP contribution in [0.2, 0.25) is 0 Å². The van der Waals surface area contributed by atoms with Crippen molar-refractivity contribution >= 4 is 5.91 Å². The molecule has 2 heterocycles. The number of likely N-dealkylation sites (tertiary alicyclic amines) is 2. The largest absolute Gasteiger partial charge is 0.493 e. The van der Waals surface area contributed by atoms with Gasteiger partial charge in [0.1, 0.15) is 0 Å². The highest BCUT2D eigenvalue weighted by atomic mass is 16.5. The smallest absolute Gasteiger partial charge is 0.230 e. The van der Waals surface area contributed by atoms with Crippen molar-refractivity contribution in [3.05, 3.63) is 23.8 Å². The Balaban J connectivity index is 1.50. The van der Waals surface area contributed by atoms with Gasteiger partial charge in [-0.1, -0.05) is 25.0 Å². The number of methoxy groups -OCH3 is 2. The third-order valence-corrected chi connectivity index (χ3v) is 6.89. The fourth-order valence-corrected chi connectivity index (χ4v) is 5.45. The van der Waals surface area contributed by atoms with Crippen LogP contribution in [0.25, 0.3) is 0 Å². The van der Waals surface area contributed by atoms with Gasteiger partial charge in [-0.05, 0) is 44.7 Å². The quantitative estimate of drug-likeness (QED) is 0.794. The summed E-state index contributed by atoms with van der Waals surface area (Å²) in [4.78, 5) is 18.2. The number of para-hydroxylation sites is 1. The van der Waals surface area contributed by atoms with Crippen LogP contribution in [0.15, 0.2) is 18.2 Å². The summed E-state index contributed by atoms with van der Waals surface area (Å²) in [7, 11) is 3.32. The second kappa shape index (κ2) is 7.70. The van der Waals surface area contributed by atoms with E-state index in [1.54, 1.807) is 14.2 Å². The van der Waals surface area contributed by atoms with Crippen molar-refractivity contribution in [3.63, 3.8) is 0 Å². The molecule has 0 N–H and O–H groups in total. The maximum atomic E-state index is 13.5. The Morgan fingerprint density at radius 3 is 2.63 bits per heavy atom. The molecule has 5 nitrogen and oxygen atoms in total. The van der Waals surface area contributed by atoms with Crippen LogP contribution in [-0.4, -0.2) is 55.6 Å². The van der Waals surface area contributed by atoms with Crippen molar-refractivity contribution in [3.8, 4) is 11.5 Å². The van der Waals surface area contributed by atoms with E-state index in [1.807, 2.05) is 18.2 Å². The molecule has 2 aliphatic heterocycles. The number of piperidine rings is 1. The lowest BCUT2D eigenvalue weighted by atomic mass is 9.78. The molecule has 2 saturated heterocycles. The minimum atomic E-state index is -0.160. The zero-order chi connectivity index (χ0) is 18.9. The molecule has 1 aliphatic carbocycles. The number of amides is 1. The first kappa shape index (κ1) is 18.6. The van der Waals surface area contributed by atoms with Gasteiger partial charge in [0.15, 0.2) is 11.5 Å². The molecule has 1 spiro atoms. The van der Waals surface area contributed by atoms with Crippen LogP contribution in [0.1, 0.15) is 50.5 Å². The molecule has 148 valence electrons. The first-order valence-electron chi connectivity index (χ1n) is 10.4. The normalized spacial score (nSPS) is 26.9. The van der Waals surface area contributed by atoms with Crippen LogP contribution in [0.4, 0.5) is 0 Å². The fourth-order valence-electron chi connectivity index (χ4n) is 5.45. The first-order valence-corrected chi connectivity index (χ1v) is 10.4. The standard InChI is InChI=1S/C22H32N2O3/c1-26-19-10-5-7-17(20(19)27-2)15-23-13-6-11-22(21(23)25)12-14-24(16-22)18-8-3-4-9-18/h5,7,10,18H,3-4,6,8-9,11-16H2,1-2H3/t22-/m0/s1. The van der Waals surface area contributed by atoms with Gasteiger partial charge >= 0.3 is 0 Å². The summed E-state index contributed by atoms with van der Waals surface area (Å²) in [6.07, 6.45) is 8.49. The van der Waals surface area contributed by atoms with Gasteiger partial charge in [-0.3, -0.25) is 9.69 Å². The van der Waals surface area contributed by atoms with E-state index in [4.69, 9.17) is 9.47 Å². The number of carbonyl (C=O) groups is 1. The molecule has 1 saturated carbocycles. The van der Waals surface area contributed by atoms with Crippen molar-refractivity contribution in [2.45, 2.75) is 57.5 Å². The zero-order valence-electron chi connectivity index (χ0n) is 16.7. The van der Waals surface area contributed by atoms with Crippen molar-refractivity contribution in [1.82, 2.24) is 9.80 Å². The second-order valence-electron chi connectivity index (χ2n) is 8.42. The lowest BCUT2D eigenvalue weighted by Gasteiger charge is -2.40. The predicted molar refractivity (Wildman–Crippen MR) is 105 cm³/mol. The summed E-state index contributed by atoms with van der Waals surface area (Å²) < 4.78 is 11.0. The van der Waals surface area contributed by atoms with E-state index >= 15 is 0 Å².